The van der Waals surface area contributed by atoms with E-state index in [9.17, 15) is 5.26 Å². The summed E-state index contributed by atoms with van der Waals surface area (Å²) in [7, 11) is 1.62. The number of nitrogens with zero attached hydrogens (tertiary/aromatic N) is 1. The van der Waals surface area contributed by atoms with Crippen LogP contribution in [-0.4, -0.2) is 7.11 Å². The van der Waals surface area contributed by atoms with E-state index in [1.807, 2.05) is 54.6 Å². The van der Waals surface area contributed by atoms with E-state index in [2.05, 4.69) is 6.07 Å². The molecule has 3 nitrogen and oxygen atoms in total. The van der Waals surface area contributed by atoms with Gasteiger partial charge in [-0.3, -0.25) is 0 Å². The van der Waals surface area contributed by atoms with Crippen LogP contribution in [0.4, 0.5) is 0 Å². The van der Waals surface area contributed by atoms with Crippen molar-refractivity contribution in [3.8, 4) is 34.5 Å². The Kier molecular flexibility index (Phi) is 3.44. The van der Waals surface area contributed by atoms with Crippen LogP contribution in [0.3, 0.4) is 0 Å². The van der Waals surface area contributed by atoms with Crippen LogP contribution in [0.15, 0.2) is 65.1 Å². The van der Waals surface area contributed by atoms with E-state index in [4.69, 9.17) is 9.15 Å². The average molecular weight is 275 g/mol. The molecule has 3 rings (SSSR count). The average Bonchev–Trinajstić information content (AvgIpc) is 3.00. The zero-order valence-corrected chi connectivity index (χ0v) is 11.5. The van der Waals surface area contributed by atoms with Gasteiger partial charge in [-0.25, -0.2) is 0 Å². The summed E-state index contributed by atoms with van der Waals surface area (Å²) in [5, 5.41) is 9.31. The zero-order chi connectivity index (χ0) is 14.7. The Morgan fingerprint density at radius 1 is 0.952 bits per heavy atom. The van der Waals surface area contributed by atoms with Gasteiger partial charge in [0.1, 0.15) is 17.6 Å². The molecule has 0 spiro atoms. The highest BCUT2D eigenvalue weighted by molar-refractivity contribution is 5.71. The molecule has 0 saturated carbocycles. The minimum Gasteiger partial charge on any atom is -0.497 e. The number of benzene rings is 2. The monoisotopic (exact) mass is 275 g/mol. The molecule has 2 aromatic carbocycles. The van der Waals surface area contributed by atoms with Crippen LogP contribution < -0.4 is 4.74 Å². The summed E-state index contributed by atoms with van der Waals surface area (Å²) in [4.78, 5) is 0. The third kappa shape index (κ3) is 2.52. The summed E-state index contributed by atoms with van der Waals surface area (Å²) in [6.45, 7) is 0. The molecule has 1 aromatic heterocycles. The first kappa shape index (κ1) is 13.0. The second-order valence-corrected chi connectivity index (χ2v) is 4.56. The fourth-order valence-corrected chi connectivity index (χ4v) is 2.18. The van der Waals surface area contributed by atoms with Crippen LogP contribution in [0.25, 0.3) is 22.6 Å². The van der Waals surface area contributed by atoms with Crippen molar-refractivity contribution in [1.82, 2.24) is 0 Å². The molecule has 0 bridgehead atoms. The molecule has 102 valence electrons. The van der Waals surface area contributed by atoms with Crippen LogP contribution in [0.2, 0.25) is 0 Å². The molecule has 0 aliphatic heterocycles. The molecular weight excluding hydrogens is 262 g/mol. The van der Waals surface area contributed by atoms with E-state index in [1.54, 1.807) is 13.2 Å². The van der Waals surface area contributed by atoms with Gasteiger partial charge in [-0.1, -0.05) is 30.3 Å². The molecule has 0 amide bonds. The smallest absolute Gasteiger partial charge is 0.152 e. The Morgan fingerprint density at radius 3 is 2.29 bits per heavy atom. The number of furan rings is 1. The molecule has 0 aliphatic rings. The third-order valence-electron chi connectivity index (χ3n) is 3.26. The summed E-state index contributed by atoms with van der Waals surface area (Å²) in [6.07, 6.45) is 0. The maximum absolute atomic E-state index is 9.31. The van der Waals surface area contributed by atoms with Crippen molar-refractivity contribution in [3.63, 3.8) is 0 Å². The molecule has 3 aromatic rings. The van der Waals surface area contributed by atoms with Gasteiger partial charge in [-0.15, -0.1) is 0 Å². The molecule has 1 heterocycles. The van der Waals surface area contributed by atoms with Crippen LogP contribution in [0, 0.1) is 11.3 Å². The van der Waals surface area contributed by atoms with Crippen molar-refractivity contribution in [3.05, 3.63) is 66.2 Å². The quantitative estimate of drug-likeness (QED) is 0.707. The highest BCUT2D eigenvalue weighted by Crippen LogP contribution is 2.32. The number of ether oxygens (including phenoxy) is 1. The first-order valence-electron chi connectivity index (χ1n) is 6.55. The normalized spacial score (nSPS) is 10.1. The fourth-order valence-electron chi connectivity index (χ4n) is 2.18. The Hall–Kier alpha value is -2.99. The van der Waals surface area contributed by atoms with Gasteiger partial charge < -0.3 is 9.15 Å². The number of methoxy groups -OCH3 is 1. The molecule has 3 heteroatoms. The summed E-state index contributed by atoms with van der Waals surface area (Å²) in [5.41, 5.74) is 2.34. The lowest BCUT2D eigenvalue weighted by Crippen LogP contribution is -1.82. The molecule has 0 atom stereocenters. The van der Waals surface area contributed by atoms with Gasteiger partial charge in [0, 0.05) is 17.2 Å². The number of rotatable bonds is 3. The van der Waals surface area contributed by atoms with Gasteiger partial charge in [0.25, 0.3) is 0 Å². The lowest BCUT2D eigenvalue weighted by Gasteiger charge is -2.01. The zero-order valence-electron chi connectivity index (χ0n) is 11.5. The van der Waals surface area contributed by atoms with Crippen molar-refractivity contribution in [2.24, 2.45) is 0 Å². The molecular formula is C18H13NO2. The Labute approximate surface area is 123 Å². The number of hydrogen-bond donors (Lipinski definition) is 0. The molecule has 0 N–H and O–H groups in total. The summed E-state index contributed by atoms with van der Waals surface area (Å²) < 4.78 is 11.0. The van der Waals surface area contributed by atoms with Crippen molar-refractivity contribution in [2.75, 3.05) is 7.11 Å². The first-order chi connectivity index (χ1) is 10.3. The number of nitriles is 1. The van der Waals surface area contributed by atoms with E-state index in [-0.39, 0.29) is 0 Å². The molecule has 0 fully saturated rings. The van der Waals surface area contributed by atoms with Gasteiger partial charge in [-0.05, 0) is 24.3 Å². The van der Waals surface area contributed by atoms with Crippen LogP contribution in [0.5, 0.6) is 5.75 Å². The molecule has 0 unspecified atom stereocenters. The van der Waals surface area contributed by atoms with E-state index in [1.165, 1.54) is 0 Å². The maximum Gasteiger partial charge on any atom is 0.152 e. The minimum absolute atomic E-state index is 0.527. The van der Waals surface area contributed by atoms with Crippen LogP contribution in [0.1, 0.15) is 5.56 Å². The SMILES string of the molecule is COc1ccc(-c2oc(-c3ccccc3)cc2C#N)cc1. The van der Waals surface area contributed by atoms with Gasteiger partial charge in [0.05, 0.1) is 12.7 Å². The maximum atomic E-state index is 9.31. The van der Waals surface area contributed by atoms with Gasteiger partial charge >= 0.3 is 0 Å². The lowest BCUT2D eigenvalue weighted by molar-refractivity contribution is 0.415. The molecule has 0 radical (unpaired) electrons. The fraction of sp³-hybridized carbons (Fsp3) is 0.0556. The van der Waals surface area contributed by atoms with Crippen LogP contribution >= 0.6 is 0 Å². The van der Waals surface area contributed by atoms with Gasteiger partial charge in [0.15, 0.2) is 5.76 Å². The van der Waals surface area contributed by atoms with E-state index < -0.39 is 0 Å². The van der Waals surface area contributed by atoms with Gasteiger partial charge in [-0.2, -0.15) is 5.26 Å². The van der Waals surface area contributed by atoms with Crippen molar-refractivity contribution in [2.45, 2.75) is 0 Å². The summed E-state index contributed by atoms with van der Waals surface area (Å²) >= 11 is 0. The topological polar surface area (TPSA) is 46.2 Å². The van der Waals surface area contributed by atoms with E-state index in [0.29, 0.717) is 17.1 Å². The Bertz CT molecular complexity index is 780. The van der Waals surface area contributed by atoms with Crippen molar-refractivity contribution in [1.29, 1.82) is 5.26 Å². The Morgan fingerprint density at radius 2 is 1.67 bits per heavy atom. The molecule has 0 aliphatic carbocycles. The largest absolute Gasteiger partial charge is 0.497 e. The highest BCUT2D eigenvalue weighted by Gasteiger charge is 2.14. The number of hydrogen-bond acceptors (Lipinski definition) is 3. The summed E-state index contributed by atoms with van der Waals surface area (Å²) in [5.74, 6) is 2.05. The van der Waals surface area contributed by atoms with Gasteiger partial charge in [0.2, 0.25) is 0 Å². The van der Waals surface area contributed by atoms with Crippen molar-refractivity contribution >= 4 is 0 Å². The highest BCUT2D eigenvalue weighted by atomic mass is 16.5. The van der Waals surface area contributed by atoms with E-state index in [0.717, 1.165) is 16.9 Å². The predicted octanol–water partition coefficient (Wildman–Crippen LogP) is 4.49. The minimum atomic E-state index is 0.527. The molecule has 0 saturated heterocycles. The lowest BCUT2D eigenvalue weighted by atomic mass is 10.1. The first-order valence-corrected chi connectivity index (χ1v) is 6.55. The third-order valence-corrected chi connectivity index (χ3v) is 3.26. The predicted molar refractivity (Wildman–Crippen MR) is 80.8 cm³/mol. The second-order valence-electron chi connectivity index (χ2n) is 4.56. The van der Waals surface area contributed by atoms with Crippen LogP contribution in [-0.2, 0) is 0 Å². The summed E-state index contributed by atoms with van der Waals surface area (Å²) in [6, 6.07) is 21.2. The van der Waals surface area contributed by atoms with Crippen molar-refractivity contribution < 1.29 is 9.15 Å². The standard InChI is InChI=1S/C18H13NO2/c1-20-16-9-7-14(8-10-16)18-15(12-19)11-17(21-18)13-5-3-2-4-6-13/h2-11H,1H3. The second kappa shape index (κ2) is 5.56. The van der Waals surface area contributed by atoms with E-state index >= 15 is 0 Å². The Balaban J connectivity index is 2.06. The molecule has 21 heavy (non-hydrogen) atoms.